The molecule has 106 valence electrons. The monoisotopic (exact) mass is 255 g/mol. The summed E-state index contributed by atoms with van der Waals surface area (Å²) in [6.07, 6.45) is 4.08. The van der Waals surface area contributed by atoms with Gasteiger partial charge < -0.3 is 10.2 Å². The minimum Gasteiger partial charge on any atom is -0.340 e. The summed E-state index contributed by atoms with van der Waals surface area (Å²) in [4.78, 5) is 16.5. The molecule has 1 fully saturated rings. The molecule has 0 aliphatic carbocycles. The van der Waals surface area contributed by atoms with Crippen LogP contribution in [0.5, 0.6) is 0 Å². The Labute approximate surface area is 112 Å². The molecule has 0 aromatic rings. The fraction of sp³-hybridized carbons (Fsp3) is 0.929. The van der Waals surface area contributed by atoms with Gasteiger partial charge in [-0.15, -0.1) is 0 Å². The van der Waals surface area contributed by atoms with Gasteiger partial charge in [0.25, 0.3) is 0 Å². The summed E-state index contributed by atoms with van der Waals surface area (Å²) in [6.45, 7) is 9.38. The summed E-state index contributed by atoms with van der Waals surface area (Å²) in [5, 5.41) is 3.13. The number of nitrogens with one attached hydrogen (secondary N) is 1. The number of nitrogens with zero attached hydrogens (tertiary/aromatic N) is 2. The van der Waals surface area contributed by atoms with Gasteiger partial charge in [-0.3, -0.25) is 9.69 Å². The largest absolute Gasteiger partial charge is 0.340 e. The molecule has 0 bridgehead atoms. The summed E-state index contributed by atoms with van der Waals surface area (Å²) in [7, 11) is 1.97. The Hall–Kier alpha value is -0.610. The highest BCUT2D eigenvalue weighted by Crippen LogP contribution is 2.09. The lowest BCUT2D eigenvalue weighted by atomic mass is 10.1. The molecule has 0 unspecified atom stereocenters. The second kappa shape index (κ2) is 8.48. The zero-order valence-corrected chi connectivity index (χ0v) is 12.2. The van der Waals surface area contributed by atoms with Crippen LogP contribution in [0.1, 0.15) is 39.5 Å². The predicted molar refractivity (Wildman–Crippen MR) is 75.7 cm³/mol. The van der Waals surface area contributed by atoms with Crippen molar-refractivity contribution in [1.29, 1.82) is 0 Å². The van der Waals surface area contributed by atoms with E-state index in [2.05, 4.69) is 24.1 Å². The van der Waals surface area contributed by atoms with Crippen LogP contribution in [0.4, 0.5) is 0 Å². The number of rotatable bonds is 7. The maximum atomic E-state index is 12.0. The minimum absolute atomic E-state index is 0.350. The molecule has 1 rings (SSSR count). The zero-order chi connectivity index (χ0) is 13.4. The van der Waals surface area contributed by atoms with Gasteiger partial charge in [-0.05, 0) is 40.3 Å². The van der Waals surface area contributed by atoms with Gasteiger partial charge in [0.2, 0.25) is 5.91 Å². The molecule has 1 N–H and O–H groups in total. The summed E-state index contributed by atoms with van der Waals surface area (Å²) >= 11 is 0. The lowest BCUT2D eigenvalue weighted by Crippen LogP contribution is -2.50. The van der Waals surface area contributed by atoms with Crippen LogP contribution in [0.3, 0.4) is 0 Å². The van der Waals surface area contributed by atoms with Crippen LogP contribution >= 0.6 is 0 Å². The van der Waals surface area contributed by atoms with Gasteiger partial charge in [-0.2, -0.15) is 0 Å². The van der Waals surface area contributed by atoms with E-state index in [-0.39, 0.29) is 0 Å². The number of carbonyl (C=O) groups is 1. The van der Waals surface area contributed by atoms with Gasteiger partial charge in [0.1, 0.15) is 0 Å². The number of amides is 1. The number of unbranched alkanes of at least 4 members (excludes halogenated alkanes) is 2. The van der Waals surface area contributed by atoms with E-state index in [4.69, 9.17) is 0 Å². The van der Waals surface area contributed by atoms with E-state index in [1.54, 1.807) is 0 Å². The van der Waals surface area contributed by atoms with Crippen molar-refractivity contribution in [2.24, 2.45) is 0 Å². The Kier molecular flexibility index (Phi) is 7.28. The van der Waals surface area contributed by atoms with Crippen molar-refractivity contribution in [3.05, 3.63) is 0 Å². The molecule has 1 heterocycles. The molecule has 1 saturated heterocycles. The Morgan fingerprint density at radius 3 is 2.33 bits per heavy atom. The molecular formula is C14H29N3O. The van der Waals surface area contributed by atoms with Crippen molar-refractivity contribution in [2.75, 3.05) is 39.8 Å². The summed E-state index contributed by atoms with van der Waals surface area (Å²) in [6, 6.07) is 0.601. The Morgan fingerprint density at radius 2 is 1.78 bits per heavy atom. The van der Waals surface area contributed by atoms with Crippen molar-refractivity contribution in [2.45, 2.75) is 45.6 Å². The van der Waals surface area contributed by atoms with Gasteiger partial charge in [-0.25, -0.2) is 0 Å². The third-order valence-electron chi connectivity index (χ3n) is 3.71. The molecule has 1 aliphatic rings. The molecule has 0 radical (unpaired) electrons. The smallest absolute Gasteiger partial charge is 0.222 e. The third-order valence-corrected chi connectivity index (χ3v) is 3.71. The average Bonchev–Trinajstić information content (AvgIpc) is 2.38. The molecule has 0 aromatic carbocycles. The van der Waals surface area contributed by atoms with E-state index >= 15 is 0 Å². The number of carbonyl (C=O) groups excluding carboxylic acids is 1. The van der Waals surface area contributed by atoms with Crippen molar-refractivity contribution in [3.8, 4) is 0 Å². The number of piperazine rings is 1. The molecule has 0 spiro atoms. The summed E-state index contributed by atoms with van der Waals surface area (Å²) in [5.41, 5.74) is 0. The number of hydrogen-bond acceptors (Lipinski definition) is 3. The molecule has 0 atom stereocenters. The molecule has 0 saturated carbocycles. The third kappa shape index (κ3) is 5.36. The van der Waals surface area contributed by atoms with Crippen LogP contribution in [-0.4, -0.2) is 61.5 Å². The van der Waals surface area contributed by atoms with E-state index in [9.17, 15) is 4.79 Å². The van der Waals surface area contributed by atoms with Crippen LogP contribution < -0.4 is 5.32 Å². The fourth-order valence-corrected chi connectivity index (χ4v) is 2.40. The molecule has 0 aromatic heterocycles. The highest BCUT2D eigenvalue weighted by molar-refractivity contribution is 5.76. The quantitative estimate of drug-likeness (QED) is 0.697. The second-order valence-electron chi connectivity index (χ2n) is 5.42. The van der Waals surface area contributed by atoms with Gasteiger partial charge in [-0.1, -0.05) is 6.42 Å². The van der Waals surface area contributed by atoms with Gasteiger partial charge >= 0.3 is 0 Å². The van der Waals surface area contributed by atoms with E-state index in [1.807, 2.05) is 11.9 Å². The first-order valence-electron chi connectivity index (χ1n) is 7.31. The van der Waals surface area contributed by atoms with Crippen LogP contribution in [-0.2, 0) is 4.79 Å². The van der Waals surface area contributed by atoms with E-state index in [0.29, 0.717) is 11.9 Å². The minimum atomic E-state index is 0.350. The van der Waals surface area contributed by atoms with Crippen LogP contribution in [0, 0.1) is 0 Å². The summed E-state index contributed by atoms with van der Waals surface area (Å²) < 4.78 is 0. The van der Waals surface area contributed by atoms with Crippen LogP contribution in [0.25, 0.3) is 0 Å². The molecule has 4 heteroatoms. The van der Waals surface area contributed by atoms with Crippen molar-refractivity contribution >= 4 is 5.91 Å². The highest BCUT2D eigenvalue weighted by atomic mass is 16.2. The maximum Gasteiger partial charge on any atom is 0.222 e. The topological polar surface area (TPSA) is 35.6 Å². The van der Waals surface area contributed by atoms with Crippen LogP contribution in [0.2, 0.25) is 0 Å². The van der Waals surface area contributed by atoms with Gasteiger partial charge in [0.15, 0.2) is 0 Å². The van der Waals surface area contributed by atoms with Gasteiger partial charge in [0.05, 0.1) is 0 Å². The highest BCUT2D eigenvalue weighted by Gasteiger charge is 2.21. The van der Waals surface area contributed by atoms with Crippen LogP contribution in [0.15, 0.2) is 0 Å². The maximum absolute atomic E-state index is 12.0. The second-order valence-corrected chi connectivity index (χ2v) is 5.42. The lowest BCUT2D eigenvalue weighted by molar-refractivity contribution is -0.133. The molecule has 1 aliphatic heterocycles. The van der Waals surface area contributed by atoms with Crippen molar-refractivity contribution in [1.82, 2.24) is 15.1 Å². The van der Waals surface area contributed by atoms with E-state index in [0.717, 1.165) is 52.0 Å². The Balaban J connectivity index is 2.12. The average molecular weight is 255 g/mol. The van der Waals surface area contributed by atoms with E-state index in [1.165, 1.54) is 6.42 Å². The SMILES string of the molecule is CNCCCCCC(=O)N1CCN(C(C)C)CC1. The van der Waals surface area contributed by atoms with Crippen molar-refractivity contribution in [3.63, 3.8) is 0 Å². The predicted octanol–water partition coefficient (Wildman–Crippen LogP) is 1.32. The normalized spacial score (nSPS) is 17.4. The Bertz CT molecular complexity index is 235. The number of hydrogen-bond donors (Lipinski definition) is 1. The fourth-order valence-electron chi connectivity index (χ4n) is 2.40. The molecular weight excluding hydrogens is 226 g/mol. The Morgan fingerprint density at radius 1 is 1.11 bits per heavy atom. The summed E-state index contributed by atoms with van der Waals surface area (Å²) in [5.74, 6) is 0.350. The first-order valence-corrected chi connectivity index (χ1v) is 7.31. The lowest BCUT2D eigenvalue weighted by Gasteiger charge is -2.37. The zero-order valence-electron chi connectivity index (χ0n) is 12.2. The first-order chi connectivity index (χ1) is 8.65. The molecule has 18 heavy (non-hydrogen) atoms. The molecule has 4 nitrogen and oxygen atoms in total. The first kappa shape index (κ1) is 15.4. The molecule has 1 amide bonds. The van der Waals surface area contributed by atoms with Crippen molar-refractivity contribution < 1.29 is 4.79 Å². The standard InChI is InChI=1S/C14H29N3O/c1-13(2)16-9-11-17(12-10-16)14(18)7-5-4-6-8-15-3/h13,15H,4-12H2,1-3H3. The van der Waals surface area contributed by atoms with E-state index < -0.39 is 0 Å². The van der Waals surface area contributed by atoms with Gasteiger partial charge in [0, 0.05) is 38.6 Å².